The molecular weight excluding hydrogens is 260 g/mol. The Morgan fingerprint density at radius 3 is 1.84 bits per heavy atom. The molecule has 0 heterocycles. The van der Waals surface area contributed by atoms with Gasteiger partial charge in [0, 0.05) is 13.8 Å². The second-order valence-electron chi connectivity index (χ2n) is 3.97. The maximum Gasteiger partial charge on any atom is 0.304 e. The molecule has 19 heavy (non-hydrogen) atoms. The number of ketones is 3. The van der Waals surface area contributed by atoms with Crippen molar-refractivity contribution < 1.29 is 39.2 Å². The lowest BCUT2D eigenvalue weighted by Gasteiger charge is -2.34. The predicted molar refractivity (Wildman–Crippen MR) is 60.0 cm³/mol. The van der Waals surface area contributed by atoms with Gasteiger partial charge in [0.15, 0.2) is 11.6 Å². The molecule has 0 fully saturated rings. The largest absolute Gasteiger partial charge is 0.440 e. The summed E-state index contributed by atoms with van der Waals surface area (Å²) < 4.78 is 4.53. The first-order valence-corrected chi connectivity index (χ1v) is 5.34. The molecule has 0 unspecified atom stereocenters. The molecule has 0 bridgehead atoms. The maximum atomic E-state index is 11.8. The van der Waals surface area contributed by atoms with Crippen molar-refractivity contribution in [2.24, 2.45) is 0 Å². The highest BCUT2D eigenvalue weighted by molar-refractivity contribution is 6.44. The number of aliphatic hydroxyl groups excluding tert-OH is 3. The van der Waals surface area contributed by atoms with Gasteiger partial charge >= 0.3 is 5.97 Å². The highest BCUT2D eigenvalue weighted by Gasteiger charge is 2.56. The van der Waals surface area contributed by atoms with Gasteiger partial charge in [0.1, 0.15) is 12.2 Å². The van der Waals surface area contributed by atoms with E-state index >= 15 is 0 Å². The molecular formula is C11H16O8. The molecule has 3 N–H and O–H groups in total. The fourth-order valence-corrected chi connectivity index (χ4v) is 1.54. The van der Waals surface area contributed by atoms with Crippen LogP contribution in [-0.2, 0) is 23.9 Å². The number of carbonyl (C=O) groups excluding carboxylic acids is 4. The highest BCUT2D eigenvalue weighted by Crippen LogP contribution is 2.23. The predicted octanol–water partition coefficient (Wildman–Crippen LogP) is -2.25. The second kappa shape index (κ2) is 6.50. The van der Waals surface area contributed by atoms with Gasteiger partial charge in [-0.3, -0.25) is 19.2 Å². The lowest BCUT2D eigenvalue weighted by atomic mass is 9.83. The zero-order valence-electron chi connectivity index (χ0n) is 10.7. The molecule has 3 atom stereocenters. The monoisotopic (exact) mass is 276 g/mol. The summed E-state index contributed by atoms with van der Waals surface area (Å²) in [4.78, 5) is 45.6. The molecule has 0 saturated carbocycles. The second-order valence-corrected chi connectivity index (χ2v) is 3.97. The van der Waals surface area contributed by atoms with E-state index in [4.69, 9.17) is 5.11 Å². The molecule has 0 spiro atoms. The van der Waals surface area contributed by atoms with Gasteiger partial charge in [-0.05, 0) is 6.92 Å². The van der Waals surface area contributed by atoms with Gasteiger partial charge < -0.3 is 20.1 Å². The van der Waals surface area contributed by atoms with Gasteiger partial charge in [0.2, 0.25) is 0 Å². The average molecular weight is 276 g/mol. The van der Waals surface area contributed by atoms with Crippen molar-refractivity contribution in [3.05, 3.63) is 0 Å². The normalized spacial score (nSPS) is 16.9. The number of esters is 1. The minimum atomic E-state index is -2.85. The number of Topliss-reactive ketones (excluding diaryl/α,β-unsaturated/α-hetero) is 3. The van der Waals surface area contributed by atoms with Crippen molar-refractivity contribution in [3.8, 4) is 0 Å². The van der Waals surface area contributed by atoms with E-state index in [2.05, 4.69) is 4.74 Å². The summed E-state index contributed by atoms with van der Waals surface area (Å²) in [5, 5.41) is 27.9. The number of ether oxygens (including phenoxy) is 1. The van der Waals surface area contributed by atoms with E-state index in [1.807, 2.05) is 0 Å². The molecule has 0 aliphatic heterocycles. The lowest BCUT2D eigenvalue weighted by molar-refractivity contribution is -0.193. The van der Waals surface area contributed by atoms with Gasteiger partial charge in [-0.1, -0.05) is 0 Å². The van der Waals surface area contributed by atoms with Crippen LogP contribution in [0.1, 0.15) is 20.8 Å². The molecule has 108 valence electrons. The molecule has 0 radical (unpaired) electrons. The summed E-state index contributed by atoms with van der Waals surface area (Å²) in [6, 6.07) is 0. The van der Waals surface area contributed by atoms with Crippen LogP contribution in [0.5, 0.6) is 0 Å². The van der Waals surface area contributed by atoms with Gasteiger partial charge in [-0.2, -0.15) is 0 Å². The Balaban J connectivity index is 5.91. The Morgan fingerprint density at radius 1 is 1.11 bits per heavy atom. The van der Waals surface area contributed by atoms with Crippen LogP contribution in [0.25, 0.3) is 0 Å². The van der Waals surface area contributed by atoms with Crippen molar-refractivity contribution in [3.63, 3.8) is 0 Å². The summed E-state index contributed by atoms with van der Waals surface area (Å²) in [5.74, 6) is -4.85. The van der Waals surface area contributed by atoms with Crippen LogP contribution in [0.3, 0.4) is 0 Å². The first-order chi connectivity index (χ1) is 8.61. The average Bonchev–Trinajstić information content (AvgIpc) is 2.32. The van der Waals surface area contributed by atoms with Gasteiger partial charge in [-0.25, -0.2) is 0 Å². The first-order valence-electron chi connectivity index (χ1n) is 5.34. The number of rotatable bonds is 7. The van der Waals surface area contributed by atoms with E-state index in [0.717, 1.165) is 20.8 Å². The van der Waals surface area contributed by atoms with Gasteiger partial charge in [-0.15, -0.1) is 0 Å². The van der Waals surface area contributed by atoms with Gasteiger partial charge in [0.05, 0.1) is 6.61 Å². The quantitative estimate of drug-likeness (QED) is 0.269. The number of hydrogen-bond donors (Lipinski definition) is 3. The molecule has 0 aromatic carbocycles. The van der Waals surface area contributed by atoms with Crippen LogP contribution in [0.4, 0.5) is 0 Å². The number of aliphatic hydroxyl groups is 3. The SMILES string of the molecule is CC(=O)O[C@@](C(C)=O)(C(=O)C(C)=O)[C@H](O)[C@H](O)CO. The molecule has 8 heteroatoms. The van der Waals surface area contributed by atoms with Crippen molar-refractivity contribution in [2.45, 2.75) is 38.6 Å². The molecule has 0 aromatic heterocycles. The van der Waals surface area contributed by atoms with Crippen molar-refractivity contribution in [1.82, 2.24) is 0 Å². The first kappa shape index (κ1) is 17.4. The minimum Gasteiger partial charge on any atom is -0.440 e. The van der Waals surface area contributed by atoms with E-state index < -0.39 is 47.7 Å². The Kier molecular flexibility index (Phi) is 5.94. The number of hydrogen-bond acceptors (Lipinski definition) is 8. The molecule has 0 aliphatic rings. The van der Waals surface area contributed by atoms with Crippen LogP contribution >= 0.6 is 0 Å². The van der Waals surface area contributed by atoms with Crippen LogP contribution in [-0.4, -0.2) is 63.1 Å². The molecule has 0 aliphatic carbocycles. The molecule has 8 nitrogen and oxygen atoms in total. The van der Waals surface area contributed by atoms with Crippen LogP contribution in [0.15, 0.2) is 0 Å². The summed E-state index contributed by atoms with van der Waals surface area (Å²) in [5.41, 5.74) is -2.85. The van der Waals surface area contributed by atoms with Crippen molar-refractivity contribution in [1.29, 1.82) is 0 Å². The maximum absolute atomic E-state index is 11.8. The summed E-state index contributed by atoms with van der Waals surface area (Å²) in [6.07, 6.45) is -4.19. The Hall–Kier alpha value is -1.64. The van der Waals surface area contributed by atoms with E-state index in [-0.39, 0.29) is 0 Å². The fourth-order valence-electron chi connectivity index (χ4n) is 1.54. The minimum absolute atomic E-state index is 0.817. The Morgan fingerprint density at radius 2 is 1.58 bits per heavy atom. The van der Waals surface area contributed by atoms with E-state index in [1.165, 1.54) is 0 Å². The third-order valence-corrected chi connectivity index (χ3v) is 2.45. The summed E-state index contributed by atoms with van der Waals surface area (Å²) >= 11 is 0. The van der Waals surface area contributed by atoms with Crippen LogP contribution in [0.2, 0.25) is 0 Å². The number of carbonyl (C=O) groups is 4. The molecule has 0 aromatic rings. The summed E-state index contributed by atoms with van der Waals surface area (Å²) in [6.45, 7) is 1.50. The highest BCUT2D eigenvalue weighted by atomic mass is 16.6. The topological polar surface area (TPSA) is 138 Å². The van der Waals surface area contributed by atoms with E-state index in [0.29, 0.717) is 0 Å². The molecule has 0 saturated heterocycles. The van der Waals surface area contributed by atoms with E-state index in [9.17, 15) is 29.4 Å². The molecule has 0 rings (SSSR count). The zero-order chi connectivity index (χ0) is 15.4. The Bertz CT molecular complexity index is 401. The van der Waals surface area contributed by atoms with Crippen molar-refractivity contribution >= 4 is 23.3 Å². The zero-order valence-corrected chi connectivity index (χ0v) is 10.7. The van der Waals surface area contributed by atoms with Gasteiger partial charge in [0.25, 0.3) is 11.4 Å². The molecule has 0 amide bonds. The van der Waals surface area contributed by atoms with Crippen LogP contribution < -0.4 is 0 Å². The van der Waals surface area contributed by atoms with E-state index in [1.54, 1.807) is 0 Å². The third-order valence-electron chi connectivity index (χ3n) is 2.45. The standard InChI is InChI=1S/C11H16O8/c1-5(13)9(17)11(6(2)14,19-7(3)15)10(18)8(16)4-12/h8,10,12,16,18H,4H2,1-3H3/t8-,10-,11+/m1/s1. The smallest absolute Gasteiger partial charge is 0.304 e. The van der Waals surface area contributed by atoms with Crippen molar-refractivity contribution in [2.75, 3.05) is 6.61 Å². The fraction of sp³-hybridized carbons (Fsp3) is 0.636. The lowest BCUT2D eigenvalue weighted by Crippen LogP contribution is -2.63. The summed E-state index contributed by atoms with van der Waals surface area (Å²) in [7, 11) is 0. The Labute approximate surface area is 109 Å². The van der Waals surface area contributed by atoms with Crippen LogP contribution in [0, 0.1) is 0 Å². The third kappa shape index (κ3) is 3.43.